The van der Waals surface area contributed by atoms with Gasteiger partial charge in [0, 0.05) is 0 Å². The molecule has 0 atom stereocenters. The lowest BCUT2D eigenvalue weighted by molar-refractivity contribution is -0.961. The van der Waals surface area contributed by atoms with Crippen molar-refractivity contribution in [2.75, 3.05) is 33.5 Å². The highest BCUT2D eigenvalue weighted by Gasteiger charge is 2.27. The van der Waals surface area contributed by atoms with Crippen LogP contribution in [0.1, 0.15) is 20.8 Å². The van der Waals surface area contributed by atoms with Crippen LogP contribution in [0.25, 0.3) is 0 Å². The van der Waals surface area contributed by atoms with Crippen LogP contribution >= 0.6 is 0 Å². The molecule has 0 aliphatic rings. The summed E-state index contributed by atoms with van der Waals surface area (Å²) in [5.41, 5.74) is -0.363. The molecule has 0 rings (SSSR count). The average Bonchev–Trinajstić information content (AvgIpc) is 2.11. The van der Waals surface area contributed by atoms with Crippen molar-refractivity contribution in [3.63, 3.8) is 0 Å². The summed E-state index contributed by atoms with van der Waals surface area (Å²) >= 11 is 0. The molecule has 0 aliphatic carbocycles. The summed E-state index contributed by atoms with van der Waals surface area (Å²) in [5.74, 6) is 0. The molecule has 0 radical (unpaired) electrons. The largest absolute Gasteiger partial charge is 0.370 e. The van der Waals surface area contributed by atoms with Gasteiger partial charge in [-0.3, -0.25) is 0 Å². The van der Waals surface area contributed by atoms with Gasteiger partial charge < -0.3 is 4.74 Å². The van der Waals surface area contributed by atoms with Gasteiger partial charge in [0.1, 0.15) is 6.54 Å². The van der Waals surface area contributed by atoms with Crippen LogP contribution in [0.5, 0.6) is 0 Å². The second kappa shape index (κ2) is 5.56. The highest BCUT2D eigenvalue weighted by Crippen LogP contribution is 2.11. The molecule has 0 N–H and O–H groups in total. The van der Waals surface area contributed by atoms with E-state index in [1.54, 1.807) is 0 Å². The van der Waals surface area contributed by atoms with Crippen LogP contribution in [0.15, 0.2) is 0 Å². The van der Waals surface area contributed by atoms with Crippen molar-refractivity contribution in [1.29, 1.82) is 0 Å². The minimum atomic E-state index is -1.04. The van der Waals surface area contributed by atoms with Gasteiger partial charge >= 0.3 is 0 Å². The van der Waals surface area contributed by atoms with E-state index in [-0.39, 0.29) is 18.8 Å². The number of rotatable bonds is 6. The van der Waals surface area contributed by atoms with E-state index in [0.717, 1.165) is 0 Å². The Morgan fingerprint density at radius 1 is 1.00 bits per heavy atom. The lowest BCUT2D eigenvalue weighted by Gasteiger charge is -2.30. The molecule has 0 aromatic carbocycles. The van der Waals surface area contributed by atoms with Crippen molar-refractivity contribution >= 4 is 0 Å². The molecule has 0 aromatic heterocycles. The molecule has 0 spiro atoms. The van der Waals surface area contributed by atoms with Gasteiger partial charge in [0.05, 0.1) is 12.2 Å². The van der Waals surface area contributed by atoms with Crippen LogP contribution in [0.3, 0.4) is 0 Å². The van der Waals surface area contributed by atoms with Crippen molar-refractivity contribution in [3.05, 3.63) is 0 Å². The van der Waals surface area contributed by atoms with Crippen molar-refractivity contribution in [2.45, 2.75) is 26.4 Å². The quantitative estimate of drug-likeness (QED) is 0.487. The van der Waals surface area contributed by atoms with E-state index in [1.165, 1.54) is 0 Å². The Morgan fingerprint density at radius 3 is 1.71 bits per heavy atom. The Labute approximate surface area is 83.2 Å². The monoisotopic (exact) mass is 214 g/mol. The average molecular weight is 214 g/mol. The second-order valence-electron chi connectivity index (χ2n) is 4.38. The molecule has 0 aromatic rings. The first-order valence-electron chi connectivity index (χ1n) is 4.56. The van der Waals surface area contributed by atoms with Gasteiger partial charge in [0.2, 0.25) is 20.4 Å². The fourth-order valence-corrected chi connectivity index (χ4v) is 0.821. The summed E-state index contributed by atoms with van der Waals surface area (Å²) in [5, 5.41) is 0. The van der Waals surface area contributed by atoms with E-state index < -0.39 is 24.9 Å². The molecule has 2 nitrogen and oxygen atoms in total. The molecule has 0 saturated carbocycles. The molecule has 0 unspecified atom stereocenters. The molecule has 0 aliphatic heterocycles. The van der Waals surface area contributed by atoms with Crippen molar-refractivity contribution < 1.29 is 22.4 Å². The fraction of sp³-hybridized carbons (Fsp3) is 1.00. The smallest absolute Gasteiger partial charge is 0.226 e. The zero-order valence-corrected chi connectivity index (χ0v) is 9.02. The number of halogens is 3. The summed E-state index contributed by atoms with van der Waals surface area (Å²) in [6.07, 6.45) is 0. The number of hydrogen-bond acceptors (Lipinski definition) is 1. The van der Waals surface area contributed by atoms with Gasteiger partial charge in [-0.2, -0.15) is 13.2 Å². The van der Waals surface area contributed by atoms with Gasteiger partial charge in [-0.25, -0.2) is 4.48 Å². The zero-order valence-electron chi connectivity index (χ0n) is 9.02. The molecule has 0 amide bonds. The van der Waals surface area contributed by atoms with Crippen LogP contribution in [0.2, 0.25) is 0 Å². The summed E-state index contributed by atoms with van der Waals surface area (Å²) in [4.78, 5) is 0. The lowest BCUT2D eigenvalue weighted by Crippen LogP contribution is -2.48. The topological polar surface area (TPSA) is 9.23 Å². The Kier molecular flexibility index (Phi) is 5.44. The maximum absolute atomic E-state index is 12.4. The molecule has 0 bridgehead atoms. The first-order valence-corrected chi connectivity index (χ1v) is 4.56. The maximum Gasteiger partial charge on any atom is 0.226 e. The number of alkyl halides is 3. The van der Waals surface area contributed by atoms with Crippen LogP contribution in [0, 0.1) is 0 Å². The zero-order chi connectivity index (χ0) is 11.2. The van der Waals surface area contributed by atoms with Crippen molar-refractivity contribution in [2.24, 2.45) is 0 Å². The van der Waals surface area contributed by atoms with E-state index in [9.17, 15) is 13.2 Å². The van der Waals surface area contributed by atoms with Crippen LogP contribution in [0.4, 0.5) is 13.2 Å². The Bertz CT molecular complexity index is 146. The van der Waals surface area contributed by atoms with Crippen molar-refractivity contribution in [1.82, 2.24) is 0 Å². The molecule has 5 heteroatoms. The predicted octanol–water partition coefficient (Wildman–Crippen LogP) is 2.40. The minimum absolute atomic E-state index is 0.0147. The first-order chi connectivity index (χ1) is 6.39. The molecular weight excluding hydrogens is 195 g/mol. The maximum atomic E-state index is 12.4. The fourth-order valence-electron chi connectivity index (χ4n) is 0.821. The third-order valence-corrected chi connectivity index (χ3v) is 1.86. The lowest BCUT2D eigenvalue weighted by atomic mass is 10.2. The Morgan fingerprint density at radius 2 is 1.43 bits per heavy atom. The first kappa shape index (κ1) is 13.7. The molecule has 0 fully saturated rings. The van der Waals surface area contributed by atoms with Gasteiger partial charge in [-0.05, 0) is 20.8 Å². The van der Waals surface area contributed by atoms with E-state index >= 15 is 0 Å². The molecule has 86 valence electrons. The highest BCUT2D eigenvalue weighted by atomic mass is 19.2. The van der Waals surface area contributed by atoms with E-state index in [2.05, 4.69) is 0 Å². The minimum Gasteiger partial charge on any atom is -0.370 e. The normalized spacial score (nSPS) is 13.3. The predicted molar refractivity (Wildman–Crippen MR) is 48.8 cm³/mol. The number of ether oxygens (including phenoxy) is 1. The summed E-state index contributed by atoms with van der Waals surface area (Å²) in [6, 6.07) is 0. The third-order valence-electron chi connectivity index (χ3n) is 1.86. The van der Waals surface area contributed by atoms with Crippen LogP contribution in [-0.4, -0.2) is 43.6 Å². The number of quaternary nitrogens is 1. The van der Waals surface area contributed by atoms with Crippen LogP contribution < -0.4 is 0 Å². The van der Waals surface area contributed by atoms with Gasteiger partial charge in [0.15, 0.2) is 0 Å². The SMILES string of the molecule is CC(C)(C)OCC[N+](CF)(CF)CF. The van der Waals surface area contributed by atoms with E-state index in [0.29, 0.717) is 0 Å². The second-order valence-corrected chi connectivity index (χ2v) is 4.38. The highest BCUT2D eigenvalue weighted by molar-refractivity contribution is 4.57. The van der Waals surface area contributed by atoms with Gasteiger partial charge in [-0.15, -0.1) is 0 Å². The van der Waals surface area contributed by atoms with E-state index in [4.69, 9.17) is 4.74 Å². The van der Waals surface area contributed by atoms with Gasteiger partial charge in [-0.1, -0.05) is 0 Å². The van der Waals surface area contributed by atoms with Crippen LogP contribution in [-0.2, 0) is 4.74 Å². The summed E-state index contributed by atoms with van der Waals surface area (Å²) in [7, 11) is 0. The molecule has 0 heterocycles. The van der Waals surface area contributed by atoms with E-state index in [1.807, 2.05) is 20.8 Å². The third kappa shape index (κ3) is 4.81. The standard InChI is InChI=1S/C9H19F3NO/c1-9(2,3)14-5-4-13(6-10,7-11)8-12/h4-8H2,1-3H3/q+1. The molecule has 14 heavy (non-hydrogen) atoms. The summed E-state index contributed by atoms with van der Waals surface area (Å²) in [6.45, 7) is 2.55. The van der Waals surface area contributed by atoms with Crippen molar-refractivity contribution in [3.8, 4) is 0 Å². The molecular formula is C9H19F3NO+. The molecule has 0 saturated heterocycles. The summed E-state index contributed by atoms with van der Waals surface area (Å²) < 4.78 is 41.6. The number of hydrogen-bond donors (Lipinski definition) is 0. The van der Waals surface area contributed by atoms with Gasteiger partial charge in [0.25, 0.3) is 0 Å². The Hall–Kier alpha value is -0.290. The Balaban J connectivity index is 3.95. The number of nitrogens with zero attached hydrogens (tertiary/aromatic N) is 1.